The molecular formula is C22H21NO5S. The highest BCUT2D eigenvalue weighted by atomic mass is 32.2. The minimum atomic E-state index is -3.71. The molecule has 29 heavy (non-hydrogen) atoms. The van der Waals surface area contributed by atoms with Gasteiger partial charge in [0.25, 0.3) is 0 Å². The van der Waals surface area contributed by atoms with Crippen LogP contribution in [0.4, 0.5) is 5.69 Å². The van der Waals surface area contributed by atoms with Crippen molar-refractivity contribution in [3.05, 3.63) is 78.4 Å². The molecule has 0 radical (unpaired) electrons. The largest absolute Gasteiger partial charge is 0.480 e. The van der Waals surface area contributed by atoms with Crippen LogP contribution in [0.1, 0.15) is 5.56 Å². The second kappa shape index (κ2) is 8.36. The SMILES string of the molecule is Cc1cc(N(CC(=O)O)S(C)(=O)=O)ccc1-c1ccc(Oc2ccccc2)cc1. The number of nitrogens with zero attached hydrogens (tertiary/aromatic N) is 1. The number of hydrogen-bond acceptors (Lipinski definition) is 4. The number of carboxylic acid groups (broad SMARTS) is 1. The minimum Gasteiger partial charge on any atom is -0.480 e. The predicted octanol–water partition coefficient (Wildman–Crippen LogP) is 4.30. The summed E-state index contributed by atoms with van der Waals surface area (Å²) in [4.78, 5) is 11.0. The summed E-state index contributed by atoms with van der Waals surface area (Å²) in [6.45, 7) is 1.23. The average molecular weight is 411 g/mol. The van der Waals surface area contributed by atoms with Gasteiger partial charge in [-0.05, 0) is 60.0 Å². The number of rotatable bonds is 7. The van der Waals surface area contributed by atoms with Crippen LogP contribution in [-0.2, 0) is 14.8 Å². The van der Waals surface area contributed by atoms with E-state index in [-0.39, 0.29) is 0 Å². The number of hydrogen-bond donors (Lipinski definition) is 1. The van der Waals surface area contributed by atoms with Gasteiger partial charge in [-0.2, -0.15) is 0 Å². The Kier molecular flexibility index (Phi) is 5.89. The van der Waals surface area contributed by atoms with Gasteiger partial charge in [-0.3, -0.25) is 9.10 Å². The number of sulfonamides is 1. The van der Waals surface area contributed by atoms with Crippen LogP contribution in [-0.4, -0.2) is 32.3 Å². The second-order valence-corrected chi connectivity index (χ2v) is 8.51. The van der Waals surface area contributed by atoms with E-state index in [9.17, 15) is 13.2 Å². The van der Waals surface area contributed by atoms with Crippen LogP contribution in [0.5, 0.6) is 11.5 Å². The molecule has 0 saturated heterocycles. The molecule has 0 aromatic heterocycles. The summed E-state index contributed by atoms with van der Waals surface area (Å²) >= 11 is 0. The molecule has 150 valence electrons. The smallest absolute Gasteiger partial charge is 0.324 e. The first kappa shape index (κ1) is 20.4. The van der Waals surface area contributed by atoms with Crippen LogP contribution in [0.3, 0.4) is 0 Å². The van der Waals surface area contributed by atoms with Crippen molar-refractivity contribution in [1.29, 1.82) is 0 Å². The fourth-order valence-electron chi connectivity index (χ4n) is 2.98. The molecular weight excluding hydrogens is 390 g/mol. The number of aryl methyl sites for hydroxylation is 1. The van der Waals surface area contributed by atoms with Gasteiger partial charge in [-0.25, -0.2) is 8.42 Å². The minimum absolute atomic E-state index is 0.320. The number of carbonyl (C=O) groups is 1. The zero-order valence-electron chi connectivity index (χ0n) is 16.1. The maximum Gasteiger partial charge on any atom is 0.324 e. The highest BCUT2D eigenvalue weighted by Gasteiger charge is 2.21. The number of para-hydroxylation sites is 1. The van der Waals surface area contributed by atoms with Gasteiger partial charge in [0.2, 0.25) is 10.0 Å². The van der Waals surface area contributed by atoms with E-state index in [0.29, 0.717) is 11.4 Å². The summed E-state index contributed by atoms with van der Waals surface area (Å²) in [5.74, 6) is 0.241. The molecule has 0 aliphatic heterocycles. The van der Waals surface area contributed by atoms with Crippen molar-refractivity contribution >= 4 is 21.7 Å². The number of benzene rings is 3. The predicted molar refractivity (Wildman–Crippen MR) is 113 cm³/mol. The van der Waals surface area contributed by atoms with Crippen molar-refractivity contribution in [3.63, 3.8) is 0 Å². The summed E-state index contributed by atoms with van der Waals surface area (Å²) in [5, 5.41) is 9.02. The molecule has 3 aromatic carbocycles. The van der Waals surface area contributed by atoms with E-state index >= 15 is 0 Å². The third-order valence-corrected chi connectivity index (χ3v) is 5.46. The molecule has 0 amide bonds. The van der Waals surface area contributed by atoms with E-state index in [0.717, 1.165) is 33.0 Å². The van der Waals surface area contributed by atoms with Gasteiger partial charge in [0.1, 0.15) is 18.0 Å². The molecule has 1 N–H and O–H groups in total. The Bertz CT molecular complexity index is 1110. The molecule has 0 heterocycles. The van der Waals surface area contributed by atoms with Crippen molar-refractivity contribution in [2.24, 2.45) is 0 Å². The van der Waals surface area contributed by atoms with E-state index in [1.807, 2.05) is 61.5 Å². The lowest BCUT2D eigenvalue weighted by atomic mass is 10.00. The van der Waals surface area contributed by atoms with Crippen LogP contribution in [0.15, 0.2) is 72.8 Å². The van der Waals surface area contributed by atoms with E-state index in [2.05, 4.69) is 0 Å². The normalized spacial score (nSPS) is 11.1. The topological polar surface area (TPSA) is 83.9 Å². The Morgan fingerprint density at radius 3 is 2.14 bits per heavy atom. The van der Waals surface area contributed by atoms with Crippen LogP contribution in [0.2, 0.25) is 0 Å². The van der Waals surface area contributed by atoms with Crippen molar-refractivity contribution in [2.75, 3.05) is 17.1 Å². The number of carboxylic acids is 1. The molecule has 3 aromatic rings. The zero-order chi connectivity index (χ0) is 21.0. The molecule has 0 bridgehead atoms. The molecule has 6 nitrogen and oxygen atoms in total. The molecule has 3 rings (SSSR count). The first-order valence-electron chi connectivity index (χ1n) is 8.87. The Balaban J connectivity index is 1.85. The molecule has 0 saturated carbocycles. The number of ether oxygens (including phenoxy) is 1. The average Bonchev–Trinajstić information content (AvgIpc) is 2.67. The number of aliphatic carboxylic acids is 1. The summed E-state index contributed by atoms with van der Waals surface area (Å²) < 4.78 is 30.6. The third kappa shape index (κ3) is 5.14. The molecule has 0 fully saturated rings. The first-order valence-corrected chi connectivity index (χ1v) is 10.7. The van der Waals surface area contributed by atoms with E-state index in [4.69, 9.17) is 9.84 Å². The molecule has 0 spiro atoms. The Labute approximate surface area is 170 Å². The van der Waals surface area contributed by atoms with Gasteiger partial charge in [-0.1, -0.05) is 36.4 Å². The van der Waals surface area contributed by atoms with Gasteiger partial charge < -0.3 is 9.84 Å². The quantitative estimate of drug-likeness (QED) is 0.626. The van der Waals surface area contributed by atoms with Crippen LogP contribution in [0.25, 0.3) is 11.1 Å². The number of anilines is 1. The van der Waals surface area contributed by atoms with Gasteiger partial charge >= 0.3 is 5.97 Å². The van der Waals surface area contributed by atoms with Gasteiger partial charge in [-0.15, -0.1) is 0 Å². The highest BCUT2D eigenvalue weighted by Crippen LogP contribution is 2.30. The van der Waals surface area contributed by atoms with Crippen molar-refractivity contribution < 1.29 is 23.1 Å². The zero-order valence-corrected chi connectivity index (χ0v) is 16.9. The Morgan fingerprint density at radius 2 is 1.59 bits per heavy atom. The van der Waals surface area contributed by atoms with Crippen molar-refractivity contribution in [2.45, 2.75) is 6.92 Å². The Morgan fingerprint density at radius 1 is 0.966 bits per heavy atom. The summed E-state index contributed by atoms with van der Waals surface area (Å²) in [6.07, 6.45) is 0.991. The maximum absolute atomic E-state index is 12.0. The van der Waals surface area contributed by atoms with E-state index in [1.165, 1.54) is 0 Å². The third-order valence-electron chi connectivity index (χ3n) is 4.32. The first-order chi connectivity index (χ1) is 13.7. The molecule has 7 heteroatoms. The molecule has 0 aliphatic carbocycles. The van der Waals surface area contributed by atoms with Crippen LogP contribution in [0, 0.1) is 6.92 Å². The molecule has 0 atom stereocenters. The maximum atomic E-state index is 12.0. The van der Waals surface area contributed by atoms with Gasteiger partial charge in [0, 0.05) is 0 Å². The Hall–Kier alpha value is -3.32. The summed E-state index contributed by atoms with van der Waals surface area (Å²) in [6, 6.07) is 22.1. The lowest BCUT2D eigenvalue weighted by Crippen LogP contribution is -2.34. The standard InChI is InChI=1S/C22H21NO5S/c1-16-14-18(23(15-22(24)25)29(2,26)27)10-13-21(16)17-8-11-20(12-9-17)28-19-6-4-3-5-7-19/h3-14H,15H2,1-2H3,(H,24,25). The van der Waals surface area contributed by atoms with E-state index < -0.39 is 22.5 Å². The van der Waals surface area contributed by atoms with Gasteiger partial charge in [0.15, 0.2) is 0 Å². The fraction of sp³-hybridized carbons (Fsp3) is 0.136. The van der Waals surface area contributed by atoms with Gasteiger partial charge in [0.05, 0.1) is 11.9 Å². The fourth-order valence-corrected chi connectivity index (χ4v) is 3.82. The lowest BCUT2D eigenvalue weighted by molar-refractivity contribution is -0.135. The van der Waals surface area contributed by atoms with Crippen LogP contribution >= 0.6 is 0 Å². The van der Waals surface area contributed by atoms with Crippen LogP contribution < -0.4 is 9.04 Å². The molecule has 0 unspecified atom stereocenters. The van der Waals surface area contributed by atoms with Crippen molar-refractivity contribution in [3.8, 4) is 22.6 Å². The second-order valence-electron chi connectivity index (χ2n) is 6.60. The van der Waals surface area contributed by atoms with E-state index in [1.54, 1.807) is 18.2 Å². The lowest BCUT2D eigenvalue weighted by Gasteiger charge is -2.21. The highest BCUT2D eigenvalue weighted by molar-refractivity contribution is 7.92. The summed E-state index contributed by atoms with van der Waals surface area (Å²) in [7, 11) is -3.71. The monoisotopic (exact) mass is 411 g/mol. The van der Waals surface area contributed by atoms with Crippen molar-refractivity contribution in [1.82, 2.24) is 0 Å². The molecule has 0 aliphatic rings. The summed E-state index contributed by atoms with van der Waals surface area (Å²) in [5.41, 5.74) is 3.01.